The Kier molecular flexibility index (Phi) is 10.7. The summed E-state index contributed by atoms with van der Waals surface area (Å²) in [7, 11) is 0. The molecule has 0 saturated heterocycles. The summed E-state index contributed by atoms with van der Waals surface area (Å²) in [6.45, 7) is 12.4. The van der Waals surface area contributed by atoms with Gasteiger partial charge in [-0.2, -0.15) is 0 Å². The summed E-state index contributed by atoms with van der Waals surface area (Å²) < 4.78 is 0. The van der Waals surface area contributed by atoms with E-state index in [0.717, 1.165) is 19.3 Å². The van der Waals surface area contributed by atoms with Crippen LogP contribution in [0.4, 0.5) is 0 Å². The minimum atomic E-state index is 1.00. The van der Waals surface area contributed by atoms with Gasteiger partial charge in [0, 0.05) is 0 Å². The second-order valence-electron chi connectivity index (χ2n) is 4.53. The number of allylic oxidation sites excluding steroid dienone is 6. The van der Waals surface area contributed by atoms with E-state index in [-0.39, 0.29) is 0 Å². The highest BCUT2D eigenvalue weighted by molar-refractivity contribution is 5.14. The normalized spacial score (nSPS) is 11.4. The molecule has 0 unspecified atom stereocenters. The Hall–Kier alpha value is -1.04. The van der Waals surface area contributed by atoms with Crippen LogP contribution in [-0.4, -0.2) is 0 Å². The van der Waals surface area contributed by atoms with Crippen LogP contribution in [0.2, 0.25) is 0 Å². The van der Waals surface area contributed by atoms with Crippen LogP contribution in [0.25, 0.3) is 0 Å². The Morgan fingerprint density at radius 1 is 1.00 bits per heavy atom. The van der Waals surface area contributed by atoms with Gasteiger partial charge in [0.15, 0.2) is 0 Å². The molecule has 0 aliphatic rings. The zero-order valence-electron chi connectivity index (χ0n) is 11.7. The smallest absolute Gasteiger partial charge is 0.0141 e. The molecular weight excluding hydrogens is 204 g/mol. The lowest BCUT2D eigenvalue weighted by atomic mass is 10.1. The Morgan fingerprint density at radius 2 is 1.76 bits per heavy atom. The molecule has 0 fully saturated rings. The van der Waals surface area contributed by atoms with E-state index in [0.29, 0.717) is 0 Å². The molecule has 0 amide bonds. The van der Waals surface area contributed by atoms with Crippen LogP contribution in [0.5, 0.6) is 0 Å². The van der Waals surface area contributed by atoms with Crippen molar-refractivity contribution in [2.24, 2.45) is 0 Å². The van der Waals surface area contributed by atoms with E-state index in [1.165, 1.54) is 36.8 Å². The first kappa shape index (κ1) is 16.0. The maximum atomic E-state index is 4.10. The molecule has 0 nitrogen and oxygen atoms in total. The predicted molar refractivity (Wildman–Crippen MR) is 80.2 cm³/mol. The third-order valence-electron chi connectivity index (χ3n) is 2.79. The van der Waals surface area contributed by atoms with E-state index in [2.05, 4.69) is 51.3 Å². The lowest BCUT2D eigenvalue weighted by Gasteiger charge is -2.00. The number of rotatable bonds is 10. The second kappa shape index (κ2) is 11.4. The average molecular weight is 232 g/mol. The summed E-state index contributed by atoms with van der Waals surface area (Å²) >= 11 is 0. The molecule has 0 heterocycles. The topological polar surface area (TPSA) is 0 Å². The van der Waals surface area contributed by atoms with Crippen molar-refractivity contribution < 1.29 is 0 Å². The summed E-state index contributed by atoms with van der Waals surface area (Å²) in [5.41, 5.74) is 2.55. The molecule has 0 aromatic rings. The lowest BCUT2D eigenvalue weighted by molar-refractivity contribution is 0.708. The first-order valence-corrected chi connectivity index (χ1v) is 6.86. The van der Waals surface area contributed by atoms with Crippen LogP contribution in [0.3, 0.4) is 0 Å². The van der Waals surface area contributed by atoms with Crippen molar-refractivity contribution in [1.29, 1.82) is 0 Å². The van der Waals surface area contributed by atoms with Crippen molar-refractivity contribution in [3.05, 3.63) is 48.6 Å². The third kappa shape index (κ3) is 11.2. The fourth-order valence-electron chi connectivity index (χ4n) is 1.50. The minimum Gasteiger partial charge on any atom is -0.0995 e. The van der Waals surface area contributed by atoms with Crippen molar-refractivity contribution >= 4 is 0 Å². The van der Waals surface area contributed by atoms with Gasteiger partial charge in [0.1, 0.15) is 0 Å². The fourth-order valence-corrected chi connectivity index (χ4v) is 1.50. The van der Waals surface area contributed by atoms with Gasteiger partial charge in [-0.25, -0.2) is 0 Å². The molecule has 0 atom stereocenters. The number of hydrogen-bond donors (Lipinski definition) is 0. The van der Waals surface area contributed by atoms with Crippen LogP contribution >= 0.6 is 0 Å². The molecule has 17 heavy (non-hydrogen) atoms. The van der Waals surface area contributed by atoms with Gasteiger partial charge in [0.25, 0.3) is 0 Å². The Labute approximate surface area is 108 Å². The van der Waals surface area contributed by atoms with E-state index in [9.17, 15) is 0 Å². The summed E-state index contributed by atoms with van der Waals surface area (Å²) in [5, 5.41) is 0. The molecule has 0 aromatic heterocycles. The van der Waals surface area contributed by atoms with Crippen molar-refractivity contribution in [3.8, 4) is 0 Å². The van der Waals surface area contributed by atoms with Gasteiger partial charge in [-0.15, -0.1) is 0 Å². The highest BCUT2D eigenvalue weighted by atomic mass is 14.0. The van der Waals surface area contributed by atoms with E-state index < -0.39 is 0 Å². The molecule has 0 bridgehead atoms. The van der Waals surface area contributed by atoms with Crippen molar-refractivity contribution in [3.63, 3.8) is 0 Å². The molecule has 0 saturated carbocycles. The summed E-state index contributed by atoms with van der Waals surface area (Å²) in [6, 6.07) is 0. The molecule has 0 heteroatoms. The lowest BCUT2D eigenvalue weighted by Crippen LogP contribution is -1.80. The maximum Gasteiger partial charge on any atom is -0.0141 e. The number of unbranched alkanes of at least 4 members (excludes halogenated alkanes) is 2. The molecule has 0 spiro atoms. The first-order chi connectivity index (χ1) is 8.20. The van der Waals surface area contributed by atoms with Gasteiger partial charge in [-0.1, -0.05) is 75.3 Å². The molecule has 0 rings (SSSR count). The summed E-state index contributed by atoms with van der Waals surface area (Å²) in [4.78, 5) is 0. The molecule has 0 aromatic carbocycles. The van der Waals surface area contributed by atoms with Gasteiger partial charge in [0.2, 0.25) is 0 Å². The van der Waals surface area contributed by atoms with Crippen LogP contribution in [0.1, 0.15) is 58.8 Å². The fraction of sp³-hybridized carbons (Fsp3) is 0.529. The highest BCUT2D eigenvalue weighted by Crippen LogP contribution is 2.11. The zero-order chi connectivity index (χ0) is 12.9. The van der Waals surface area contributed by atoms with Gasteiger partial charge in [-0.3, -0.25) is 0 Å². The van der Waals surface area contributed by atoms with E-state index in [4.69, 9.17) is 0 Å². The maximum absolute atomic E-state index is 4.10. The third-order valence-corrected chi connectivity index (χ3v) is 2.79. The van der Waals surface area contributed by atoms with Gasteiger partial charge in [0.05, 0.1) is 0 Å². The SMILES string of the molecule is C=C(C=CCC=CCC(=C)CCCCC)CC. The van der Waals surface area contributed by atoms with Gasteiger partial charge < -0.3 is 0 Å². The van der Waals surface area contributed by atoms with E-state index in [1.54, 1.807) is 0 Å². The van der Waals surface area contributed by atoms with Crippen molar-refractivity contribution in [1.82, 2.24) is 0 Å². The average Bonchev–Trinajstić information content (AvgIpc) is 2.33. The second-order valence-corrected chi connectivity index (χ2v) is 4.53. The quantitative estimate of drug-likeness (QED) is 0.247. The predicted octanol–water partition coefficient (Wildman–Crippen LogP) is 5.98. The molecular formula is C17H28. The first-order valence-electron chi connectivity index (χ1n) is 6.86. The Bertz CT molecular complexity index is 266. The largest absolute Gasteiger partial charge is 0.0995 e. The van der Waals surface area contributed by atoms with Crippen LogP contribution < -0.4 is 0 Å². The highest BCUT2D eigenvalue weighted by Gasteiger charge is 1.91. The molecule has 0 aliphatic carbocycles. The van der Waals surface area contributed by atoms with Crippen LogP contribution in [0.15, 0.2) is 48.6 Å². The van der Waals surface area contributed by atoms with Crippen molar-refractivity contribution in [2.75, 3.05) is 0 Å². The van der Waals surface area contributed by atoms with Gasteiger partial charge in [-0.05, 0) is 32.1 Å². The Balaban J connectivity index is 3.56. The molecule has 0 aliphatic heterocycles. The van der Waals surface area contributed by atoms with Crippen molar-refractivity contribution in [2.45, 2.75) is 58.8 Å². The Morgan fingerprint density at radius 3 is 2.41 bits per heavy atom. The summed E-state index contributed by atoms with van der Waals surface area (Å²) in [6.07, 6.45) is 16.9. The van der Waals surface area contributed by atoms with Crippen LogP contribution in [-0.2, 0) is 0 Å². The summed E-state index contributed by atoms with van der Waals surface area (Å²) in [5.74, 6) is 0. The van der Waals surface area contributed by atoms with Gasteiger partial charge >= 0.3 is 0 Å². The zero-order valence-corrected chi connectivity index (χ0v) is 11.7. The standard InChI is InChI=1S/C17H28/c1-5-7-10-14-17(4)15-12-9-8-11-13-16(3)6-2/h9,11-13H,3-8,10,14-15H2,1-2H3. The van der Waals surface area contributed by atoms with Crippen LogP contribution in [0, 0.1) is 0 Å². The van der Waals surface area contributed by atoms with E-state index >= 15 is 0 Å². The van der Waals surface area contributed by atoms with E-state index in [1.807, 2.05) is 0 Å². The number of hydrogen-bond acceptors (Lipinski definition) is 0. The monoisotopic (exact) mass is 232 g/mol. The molecule has 0 N–H and O–H groups in total. The molecule has 96 valence electrons. The minimum absolute atomic E-state index is 1.00. The molecule has 0 radical (unpaired) electrons.